The monoisotopic (exact) mass is 356 g/mol. The van der Waals surface area contributed by atoms with Gasteiger partial charge in [-0.15, -0.1) is 0 Å². The van der Waals surface area contributed by atoms with Gasteiger partial charge < -0.3 is 10.1 Å². The first-order valence-corrected chi connectivity index (χ1v) is 8.05. The molecule has 2 aromatic rings. The number of nitrogens with zero attached hydrogens (tertiary/aromatic N) is 1. The molecule has 1 fully saturated rings. The van der Waals surface area contributed by atoms with Crippen LogP contribution >= 0.6 is 0 Å². The molecule has 1 saturated heterocycles. The van der Waals surface area contributed by atoms with Gasteiger partial charge in [0.05, 0.1) is 19.3 Å². The molecule has 6 nitrogen and oxygen atoms in total. The molecule has 1 heterocycles. The normalized spacial score (nSPS) is 13.8. The molecule has 1 aliphatic heterocycles. The Morgan fingerprint density at radius 1 is 1.12 bits per heavy atom. The van der Waals surface area contributed by atoms with Crippen LogP contribution in [0.2, 0.25) is 0 Å². The number of amides is 3. The predicted octanol–water partition coefficient (Wildman–Crippen LogP) is 2.74. The standard InChI is InChI=1S/C19H17FN2O4/c1-26-16-10-14(20)6-7-15(16)21-19(25)13-4-2-12(3-5-13)11-22-17(23)8-9-18(22)24/h2-7,10H,8-9,11H2,1H3,(H,21,25). The lowest BCUT2D eigenvalue weighted by Gasteiger charge is -2.14. The number of rotatable bonds is 5. The molecule has 0 radical (unpaired) electrons. The molecular weight excluding hydrogens is 339 g/mol. The summed E-state index contributed by atoms with van der Waals surface area (Å²) in [6.45, 7) is 0.200. The van der Waals surface area contributed by atoms with Gasteiger partial charge in [0.15, 0.2) is 0 Å². The zero-order chi connectivity index (χ0) is 18.7. The SMILES string of the molecule is COc1cc(F)ccc1NC(=O)c1ccc(CN2C(=O)CCC2=O)cc1. The third kappa shape index (κ3) is 3.72. The van der Waals surface area contributed by atoms with E-state index < -0.39 is 5.82 Å². The highest BCUT2D eigenvalue weighted by molar-refractivity contribution is 6.05. The quantitative estimate of drug-likeness (QED) is 0.836. The van der Waals surface area contributed by atoms with Crippen molar-refractivity contribution in [3.05, 3.63) is 59.4 Å². The molecule has 0 unspecified atom stereocenters. The van der Waals surface area contributed by atoms with Crippen molar-refractivity contribution in [1.29, 1.82) is 0 Å². The molecule has 0 spiro atoms. The Morgan fingerprint density at radius 3 is 2.38 bits per heavy atom. The molecule has 0 aliphatic carbocycles. The topological polar surface area (TPSA) is 75.7 Å². The second-order valence-corrected chi connectivity index (χ2v) is 5.87. The highest BCUT2D eigenvalue weighted by Gasteiger charge is 2.28. The van der Waals surface area contributed by atoms with Crippen LogP contribution in [0.25, 0.3) is 0 Å². The van der Waals surface area contributed by atoms with Gasteiger partial charge in [-0.2, -0.15) is 0 Å². The van der Waals surface area contributed by atoms with Crippen molar-refractivity contribution >= 4 is 23.4 Å². The van der Waals surface area contributed by atoms with E-state index in [1.54, 1.807) is 24.3 Å². The number of halogens is 1. The number of anilines is 1. The Bertz CT molecular complexity index is 848. The first-order chi connectivity index (χ1) is 12.5. The van der Waals surface area contributed by atoms with Crippen molar-refractivity contribution in [2.24, 2.45) is 0 Å². The summed E-state index contributed by atoms with van der Waals surface area (Å²) in [5.41, 5.74) is 1.50. The van der Waals surface area contributed by atoms with Crippen molar-refractivity contribution in [3.8, 4) is 5.75 Å². The zero-order valence-electron chi connectivity index (χ0n) is 14.1. The maximum Gasteiger partial charge on any atom is 0.255 e. The first-order valence-electron chi connectivity index (χ1n) is 8.05. The molecule has 26 heavy (non-hydrogen) atoms. The molecule has 0 bridgehead atoms. The highest BCUT2D eigenvalue weighted by Crippen LogP contribution is 2.25. The summed E-state index contributed by atoms with van der Waals surface area (Å²) in [4.78, 5) is 36.9. The van der Waals surface area contributed by atoms with Gasteiger partial charge in [-0.25, -0.2) is 4.39 Å². The lowest BCUT2D eigenvalue weighted by Crippen LogP contribution is -2.28. The van der Waals surface area contributed by atoms with Gasteiger partial charge in [0.25, 0.3) is 5.91 Å². The minimum atomic E-state index is -0.463. The summed E-state index contributed by atoms with van der Waals surface area (Å²) < 4.78 is 18.3. The molecule has 1 N–H and O–H groups in total. The third-order valence-electron chi connectivity index (χ3n) is 4.12. The number of imide groups is 1. The summed E-state index contributed by atoms with van der Waals surface area (Å²) in [6, 6.07) is 10.4. The maximum atomic E-state index is 13.2. The second kappa shape index (κ2) is 7.35. The summed E-state index contributed by atoms with van der Waals surface area (Å²) in [5.74, 6) is -0.980. The van der Waals surface area contributed by atoms with Gasteiger partial charge >= 0.3 is 0 Å². The van der Waals surface area contributed by atoms with Crippen molar-refractivity contribution < 1.29 is 23.5 Å². The molecule has 1 aliphatic rings. The van der Waals surface area contributed by atoms with Crippen molar-refractivity contribution in [3.63, 3.8) is 0 Å². The van der Waals surface area contributed by atoms with Crippen LogP contribution in [0, 0.1) is 5.82 Å². The van der Waals surface area contributed by atoms with Crippen LogP contribution in [-0.2, 0) is 16.1 Å². The molecule has 134 valence electrons. The molecule has 3 rings (SSSR count). The number of likely N-dealkylation sites (tertiary alicyclic amines) is 1. The first kappa shape index (κ1) is 17.6. The lowest BCUT2D eigenvalue weighted by molar-refractivity contribution is -0.139. The van der Waals surface area contributed by atoms with Gasteiger partial charge in [-0.05, 0) is 29.8 Å². The molecular formula is C19H17FN2O4. The van der Waals surface area contributed by atoms with E-state index in [0.717, 1.165) is 5.56 Å². The van der Waals surface area contributed by atoms with E-state index in [1.807, 2.05) is 0 Å². The Hall–Kier alpha value is -3.22. The number of hydrogen-bond donors (Lipinski definition) is 1. The molecule has 3 amide bonds. The number of ether oxygens (including phenoxy) is 1. The molecule has 0 aromatic heterocycles. The van der Waals surface area contributed by atoms with E-state index in [1.165, 1.54) is 30.2 Å². The van der Waals surface area contributed by atoms with Gasteiger partial charge in [0.1, 0.15) is 11.6 Å². The Labute approximate surface area is 149 Å². The molecule has 0 atom stereocenters. The zero-order valence-corrected chi connectivity index (χ0v) is 14.1. The number of carbonyl (C=O) groups is 3. The Balaban J connectivity index is 1.69. The van der Waals surface area contributed by atoms with Gasteiger partial charge in [0, 0.05) is 24.5 Å². The predicted molar refractivity (Wildman–Crippen MR) is 92.1 cm³/mol. The van der Waals surface area contributed by atoms with Crippen molar-refractivity contribution in [1.82, 2.24) is 4.90 Å². The number of nitrogens with one attached hydrogen (secondary N) is 1. The lowest BCUT2D eigenvalue weighted by atomic mass is 10.1. The van der Waals surface area contributed by atoms with Crippen LogP contribution in [0.15, 0.2) is 42.5 Å². The number of benzene rings is 2. The summed E-state index contributed by atoms with van der Waals surface area (Å²) >= 11 is 0. The highest BCUT2D eigenvalue weighted by atomic mass is 19.1. The van der Waals surface area contributed by atoms with Crippen LogP contribution in [0.4, 0.5) is 10.1 Å². The van der Waals surface area contributed by atoms with Gasteiger partial charge in [0.2, 0.25) is 11.8 Å². The number of hydrogen-bond acceptors (Lipinski definition) is 4. The molecule has 7 heteroatoms. The maximum absolute atomic E-state index is 13.2. The third-order valence-corrected chi connectivity index (χ3v) is 4.12. The van der Waals surface area contributed by atoms with Crippen LogP contribution in [0.5, 0.6) is 5.75 Å². The van der Waals surface area contributed by atoms with Crippen molar-refractivity contribution in [2.75, 3.05) is 12.4 Å². The fraction of sp³-hybridized carbons (Fsp3) is 0.211. The second-order valence-electron chi connectivity index (χ2n) is 5.87. The summed E-state index contributed by atoms with van der Waals surface area (Å²) in [7, 11) is 1.39. The number of methoxy groups -OCH3 is 1. The fourth-order valence-electron chi connectivity index (χ4n) is 2.71. The van der Waals surface area contributed by atoms with Crippen LogP contribution in [0.3, 0.4) is 0 Å². The van der Waals surface area contributed by atoms with E-state index in [0.29, 0.717) is 11.3 Å². The smallest absolute Gasteiger partial charge is 0.255 e. The largest absolute Gasteiger partial charge is 0.494 e. The summed E-state index contributed by atoms with van der Waals surface area (Å²) in [5, 5.41) is 2.66. The average Bonchev–Trinajstić information content (AvgIpc) is 2.95. The van der Waals surface area contributed by atoms with Gasteiger partial charge in [-0.1, -0.05) is 12.1 Å². The van der Waals surface area contributed by atoms with Crippen LogP contribution in [-0.4, -0.2) is 29.7 Å². The van der Waals surface area contributed by atoms with E-state index in [9.17, 15) is 18.8 Å². The van der Waals surface area contributed by atoms with E-state index in [2.05, 4.69) is 5.32 Å². The van der Waals surface area contributed by atoms with E-state index >= 15 is 0 Å². The Morgan fingerprint density at radius 2 is 1.77 bits per heavy atom. The van der Waals surface area contributed by atoms with Gasteiger partial charge in [-0.3, -0.25) is 19.3 Å². The minimum Gasteiger partial charge on any atom is -0.494 e. The van der Waals surface area contributed by atoms with E-state index in [-0.39, 0.29) is 42.9 Å². The minimum absolute atomic E-state index is 0.180. The van der Waals surface area contributed by atoms with Crippen molar-refractivity contribution in [2.45, 2.75) is 19.4 Å². The molecule has 2 aromatic carbocycles. The molecule has 0 saturated carbocycles. The fourth-order valence-corrected chi connectivity index (χ4v) is 2.71. The summed E-state index contributed by atoms with van der Waals surface area (Å²) in [6.07, 6.45) is 0.498. The number of carbonyl (C=O) groups excluding carboxylic acids is 3. The van der Waals surface area contributed by atoms with E-state index in [4.69, 9.17) is 4.74 Å². The van der Waals surface area contributed by atoms with Crippen LogP contribution in [0.1, 0.15) is 28.8 Å². The van der Waals surface area contributed by atoms with Crippen LogP contribution < -0.4 is 10.1 Å². The average molecular weight is 356 g/mol. The Kier molecular flexibility index (Phi) is 4.97.